The number of nitrogens with zero attached hydrogens (tertiary/aromatic N) is 1. The van der Waals surface area contributed by atoms with E-state index in [4.69, 9.17) is 11.6 Å². The zero-order valence-corrected chi connectivity index (χ0v) is 12.3. The van der Waals surface area contributed by atoms with E-state index >= 15 is 0 Å². The molecule has 1 atom stereocenters. The van der Waals surface area contributed by atoms with Gasteiger partial charge in [-0.3, -0.25) is 9.59 Å². The number of hydrogen-bond acceptors (Lipinski definition) is 3. The van der Waals surface area contributed by atoms with Crippen LogP contribution in [0.25, 0.3) is 0 Å². The molecule has 1 aromatic carbocycles. The summed E-state index contributed by atoms with van der Waals surface area (Å²) < 4.78 is 14.3. The molecule has 0 aliphatic carbocycles. The highest BCUT2D eigenvalue weighted by Gasteiger charge is 2.13. The minimum Gasteiger partial charge on any atom is -0.389 e. The predicted octanol–water partition coefficient (Wildman–Crippen LogP) is 1.43. The Balaban J connectivity index is 1.93. The molecule has 1 amide bonds. The van der Waals surface area contributed by atoms with Crippen LogP contribution in [-0.4, -0.2) is 28.2 Å². The van der Waals surface area contributed by atoms with Gasteiger partial charge in [0.05, 0.1) is 23.2 Å². The summed E-state index contributed by atoms with van der Waals surface area (Å²) in [6, 6.07) is 8.08. The second kappa shape index (κ2) is 7.20. The fraction of sp³-hybridized carbons (Fsp3) is 0.200. The molecule has 0 saturated carbocycles. The van der Waals surface area contributed by atoms with Crippen molar-refractivity contribution in [3.8, 4) is 0 Å². The third kappa shape index (κ3) is 4.16. The van der Waals surface area contributed by atoms with Gasteiger partial charge in [0.15, 0.2) is 0 Å². The number of halogens is 2. The van der Waals surface area contributed by atoms with Crippen molar-refractivity contribution >= 4 is 17.5 Å². The van der Waals surface area contributed by atoms with Crippen molar-refractivity contribution in [1.29, 1.82) is 0 Å². The Morgan fingerprint density at radius 2 is 2.14 bits per heavy atom. The van der Waals surface area contributed by atoms with E-state index in [2.05, 4.69) is 5.32 Å². The largest absolute Gasteiger partial charge is 0.389 e. The van der Waals surface area contributed by atoms with Crippen molar-refractivity contribution in [3.05, 3.63) is 69.4 Å². The lowest BCUT2D eigenvalue weighted by atomic mass is 10.2. The Morgan fingerprint density at radius 3 is 2.82 bits per heavy atom. The SMILES string of the molecule is O=C(NCC(O)Cn1ccccc1=O)c1ccc(F)cc1Cl. The van der Waals surface area contributed by atoms with Gasteiger partial charge in [0.1, 0.15) is 5.82 Å². The molecule has 7 heteroatoms. The number of benzene rings is 1. The van der Waals surface area contributed by atoms with Crippen LogP contribution in [0.3, 0.4) is 0 Å². The summed E-state index contributed by atoms with van der Waals surface area (Å²) in [5, 5.41) is 12.3. The number of pyridine rings is 1. The van der Waals surface area contributed by atoms with Crippen LogP contribution >= 0.6 is 11.6 Å². The van der Waals surface area contributed by atoms with Crippen LogP contribution in [-0.2, 0) is 6.54 Å². The topological polar surface area (TPSA) is 71.3 Å². The van der Waals surface area contributed by atoms with E-state index in [0.29, 0.717) is 0 Å². The Morgan fingerprint density at radius 1 is 1.36 bits per heavy atom. The summed E-state index contributed by atoms with van der Waals surface area (Å²) in [5.74, 6) is -1.06. The summed E-state index contributed by atoms with van der Waals surface area (Å²) in [6.45, 7) is -0.00895. The number of aliphatic hydroxyl groups excluding tert-OH is 1. The van der Waals surface area contributed by atoms with E-state index < -0.39 is 17.8 Å². The number of hydrogen-bond donors (Lipinski definition) is 2. The lowest BCUT2D eigenvalue weighted by Crippen LogP contribution is -2.36. The number of aromatic nitrogens is 1. The molecule has 0 aliphatic rings. The summed E-state index contributed by atoms with van der Waals surface area (Å²) >= 11 is 5.78. The van der Waals surface area contributed by atoms with Crippen molar-refractivity contribution in [1.82, 2.24) is 9.88 Å². The van der Waals surface area contributed by atoms with Crippen LogP contribution in [0.1, 0.15) is 10.4 Å². The number of carbonyl (C=O) groups excluding carboxylic acids is 1. The zero-order valence-electron chi connectivity index (χ0n) is 11.5. The number of nitrogens with one attached hydrogen (secondary N) is 1. The maximum Gasteiger partial charge on any atom is 0.252 e. The Bertz CT molecular complexity index is 733. The molecule has 1 unspecified atom stereocenters. The van der Waals surface area contributed by atoms with Gasteiger partial charge in [0.25, 0.3) is 11.5 Å². The quantitative estimate of drug-likeness (QED) is 0.874. The molecule has 116 valence electrons. The van der Waals surface area contributed by atoms with Gasteiger partial charge in [0, 0.05) is 18.8 Å². The second-order valence-electron chi connectivity index (χ2n) is 4.68. The van der Waals surface area contributed by atoms with Gasteiger partial charge >= 0.3 is 0 Å². The number of aliphatic hydroxyl groups is 1. The van der Waals surface area contributed by atoms with Gasteiger partial charge in [0.2, 0.25) is 0 Å². The molecule has 0 fully saturated rings. The number of amides is 1. The summed E-state index contributed by atoms with van der Waals surface area (Å²) in [5.41, 5.74) is -0.124. The highest BCUT2D eigenvalue weighted by molar-refractivity contribution is 6.33. The molecule has 0 bridgehead atoms. The third-order valence-electron chi connectivity index (χ3n) is 2.98. The van der Waals surface area contributed by atoms with E-state index in [9.17, 15) is 19.1 Å². The first-order chi connectivity index (χ1) is 10.5. The Labute approximate surface area is 131 Å². The van der Waals surface area contributed by atoms with Crippen LogP contribution in [0.4, 0.5) is 4.39 Å². The van der Waals surface area contributed by atoms with Crippen molar-refractivity contribution in [2.45, 2.75) is 12.6 Å². The molecule has 2 rings (SSSR count). The molecule has 22 heavy (non-hydrogen) atoms. The van der Waals surface area contributed by atoms with Crippen molar-refractivity contribution in [3.63, 3.8) is 0 Å². The molecular formula is C15H14ClFN2O3. The highest BCUT2D eigenvalue weighted by atomic mass is 35.5. The minimum atomic E-state index is -0.941. The number of carbonyl (C=O) groups is 1. The van der Waals surface area contributed by atoms with E-state index in [1.54, 1.807) is 18.3 Å². The normalized spacial score (nSPS) is 12.0. The molecule has 1 heterocycles. The summed E-state index contributed by atoms with van der Waals surface area (Å²) in [6.07, 6.45) is 0.604. The maximum atomic E-state index is 12.9. The number of rotatable bonds is 5. The van der Waals surface area contributed by atoms with E-state index in [1.165, 1.54) is 16.7 Å². The third-order valence-corrected chi connectivity index (χ3v) is 3.29. The molecule has 2 N–H and O–H groups in total. The van der Waals surface area contributed by atoms with Gasteiger partial charge in [-0.15, -0.1) is 0 Å². The van der Waals surface area contributed by atoms with Gasteiger partial charge < -0.3 is 15.0 Å². The highest BCUT2D eigenvalue weighted by Crippen LogP contribution is 2.16. The zero-order chi connectivity index (χ0) is 16.1. The van der Waals surface area contributed by atoms with Crippen LogP contribution in [0.5, 0.6) is 0 Å². The van der Waals surface area contributed by atoms with Gasteiger partial charge in [-0.25, -0.2) is 4.39 Å². The van der Waals surface area contributed by atoms with Crippen molar-refractivity contribution in [2.75, 3.05) is 6.54 Å². The first-order valence-corrected chi connectivity index (χ1v) is 6.92. The van der Waals surface area contributed by atoms with Gasteiger partial charge in [-0.1, -0.05) is 17.7 Å². The van der Waals surface area contributed by atoms with E-state index in [1.807, 2.05) is 0 Å². The molecule has 0 radical (unpaired) electrons. The molecular weight excluding hydrogens is 311 g/mol. The minimum absolute atomic E-state index is 0.00808. The fourth-order valence-corrected chi connectivity index (χ4v) is 2.14. The smallest absolute Gasteiger partial charge is 0.252 e. The average Bonchev–Trinajstić information content (AvgIpc) is 2.47. The first-order valence-electron chi connectivity index (χ1n) is 6.54. The summed E-state index contributed by atoms with van der Waals surface area (Å²) in [4.78, 5) is 23.4. The predicted molar refractivity (Wildman–Crippen MR) is 80.5 cm³/mol. The molecule has 0 spiro atoms. The lowest BCUT2D eigenvalue weighted by Gasteiger charge is -2.13. The molecule has 0 saturated heterocycles. The molecule has 2 aromatic rings. The second-order valence-corrected chi connectivity index (χ2v) is 5.09. The van der Waals surface area contributed by atoms with E-state index in [-0.39, 0.29) is 29.2 Å². The van der Waals surface area contributed by atoms with Crippen LogP contribution in [0.15, 0.2) is 47.4 Å². The standard InChI is InChI=1S/C15H14ClFN2O3/c16-13-7-10(17)4-5-12(13)15(22)18-8-11(20)9-19-6-2-1-3-14(19)21/h1-7,11,20H,8-9H2,(H,18,22). The van der Waals surface area contributed by atoms with Gasteiger partial charge in [-0.05, 0) is 24.3 Å². The molecule has 5 nitrogen and oxygen atoms in total. The molecule has 1 aromatic heterocycles. The van der Waals surface area contributed by atoms with Crippen molar-refractivity contribution in [2.24, 2.45) is 0 Å². The Hall–Kier alpha value is -2.18. The Kier molecular flexibility index (Phi) is 5.30. The van der Waals surface area contributed by atoms with Crippen molar-refractivity contribution < 1.29 is 14.3 Å². The van der Waals surface area contributed by atoms with Crippen LogP contribution in [0, 0.1) is 5.82 Å². The fourth-order valence-electron chi connectivity index (χ4n) is 1.88. The monoisotopic (exact) mass is 324 g/mol. The van der Waals surface area contributed by atoms with Gasteiger partial charge in [-0.2, -0.15) is 0 Å². The molecule has 0 aliphatic heterocycles. The first kappa shape index (κ1) is 16.2. The average molecular weight is 325 g/mol. The van der Waals surface area contributed by atoms with Crippen LogP contribution < -0.4 is 10.9 Å². The van der Waals surface area contributed by atoms with Crippen LogP contribution in [0.2, 0.25) is 5.02 Å². The maximum absolute atomic E-state index is 12.9. The lowest BCUT2D eigenvalue weighted by molar-refractivity contribution is 0.0903. The van der Waals surface area contributed by atoms with E-state index in [0.717, 1.165) is 12.1 Å². The summed E-state index contributed by atoms with van der Waals surface area (Å²) in [7, 11) is 0.